The van der Waals surface area contributed by atoms with Crippen LogP contribution < -0.4 is 0 Å². The van der Waals surface area contributed by atoms with Crippen molar-refractivity contribution in [2.45, 2.75) is 26.2 Å². The summed E-state index contributed by atoms with van der Waals surface area (Å²) in [5, 5.41) is 5.09. The first-order valence-electron chi connectivity index (χ1n) is 19.2. The molecule has 0 N–H and O–H groups in total. The minimum Gasteiger partial charge on any atom is -0.309 e. The molecule has 0 aliphatic heterocycles. The van der Waals surface area contributed by atoms with Gasteiger partial charge in [-0.2, -0.15) is 0 Å². The fourth-order valence-electron chi connectivity index (χ4n) is 8.36. The molecular weight excluding hydrogens is 653 g/mol. The molecule has 0 saturated carbocycles. The van der Waals surface area contributed by atoms with Crippen molar-refractivity contribution in [3.8, 4) is 44.8 Å². The van der Waals surface area contributed by atoms with Crippen LogP contribution in [-0.4, -0.2) is 9.13 Å². The van der Waals surface area contributed by atoms with Gasteiger partial charge >= 0.3 is 0 Å². The molecule has 0 amide bonds. The Morgan fingerprint density at radius 1 is 0.333 bits per heavy atom. The number of nitrogens with zero attached hydrogens (tertiary/aromatic N) is 2. The van der Waals surface area contributed by atoms with Crippen LogP contribution in [0.15, 0.2) is 188 Å². The second-order valence-electron chi connectivity index (χ2n) is 14.4. The molecule has 54 heavy (non-hydrogen) atoms. The molecule has 2 heteroatoms. The number of aromatic nitrogens is 2. The Labute approximate surface area is 316 Å². The van der Waals surface area contributed by atoms with Gasteiger partial charge < -0.3 is 9.13 Å². The molecule has 0 saturated heterocycles. The van der Waals surface area contributed by atoms with Gasteiger partial charge in [-0.05, 0) is 119 Å². The van der Waals surface area contributed by atoms with Crippen LogP contribution in [0.5, 0.6) is 0 Å². The molecule has 0 spiro atoms. The average molecular weight is 693 g/mol. The monoisotopic (exact) mass is 692 g/mol. The molecule has 0 bridgehead atoms. The summed E-state index contributed by atoms with van der Waals surface area (Å²) in [6, 6.07) is 69.1. The van der Waals surface area contributed by atoms with Crippen molar-refractivity contribution in [1.82, 2.24) is 9.13 Å². The standard InChI is InChI=1S/C52H40N2/c1-2-3-12-36-21-29-44(30-22-36)54-50-20-10-8-18-46(50)48-35-42(28-32-52(48)54)40-14-11-13-39(33-40)37-23-25-38(26-24-37)41-27-31-51-47(34-41)45-17-7-9-19-49(45)53(51)43-15-5-4-6-16-43/h4-11,13-35H,2-3,12H2,1H3. The molecule has 0 fully saturated rings. The highest BCUT2D eigenvalue weighted by atomic mass is 15.0. The highest BCUT2D eigenvalue weighted by Crippen LogP contribution is 2.38. The minimum atomic E-state index is 1.13. The third-order valence-electron chi connectivity index (χ3n) is 11.1. The van der Waals surface area contributed by atoms with Crippen molar-refractivity contribution in [3.05, 3.63) is 194 Å². The van der Waals surface area contributed by atoms with E-state index < -0.39 is 0 Å². The summed E-state index contributed by atoms with van der Waals surface area (Å²) in [5.41, 5.74) is 16.0. The Morgan fingerprint density at radius 3 is 1.35 bits per heavy atom. The van der Waals surface area contributed by atoms with Gasteiger partial charge in [0.2, 0.25) is 0 Å². The number of fused-ring (bicyclic) bond motifs is 6. The fraction of sp³-hybridized carbons (Fsp3) is 0.0769. The molecule has 10 aromatic rings. The Kier molecular flexibility index (Phi) is 7.95. The van der Waals surface area contributed by atoms with E-state index in [4.69, 9.17) is 0 Å². The molecule has 0 atom stereocenters. The van der Waals surface area contributed by atoms with Gasteiger partial charge in [0, 0.05) is 32.9 Å². The molecule has 0 unspecified atom stereocenters. The lowest BCUT2D eigenvalue weighted by atomic mass is 9.96. The molecule has 0 aliphatic rings. The van der Waals surface area contributed by atoms with Gasteiger partial charge in [-0.3, -0.25) is 0 Å². The molecular formula is C52H40N2. The maximum Gasteiger partial charge on any atom is 0.0541 e. The van der Waals surface area contributed by atoms with E-state index in [0.29, 0.717) is 0 Å². The Bertz CT molecular complexity index is 2940. The molecule has 2 heterocycles. The first kappa shape index (κ1) is 32.0. The SMILES string of the molecule is CCCCc1ccc(-n2c3ccccc3c3cc(-c4cccc(-c5ccc(-c6ccc7c(c6)c6ccccc6n7-c6ccccc6)cc5)c4)ccc32)cc1. The van der Waals surface area contributed by atoms with Crippen LogP contribution in [0.3, 0.4) is 0 Å². The van der Waals surface area contributed by atoms with Crippen molar-refractivity contribution in [3.63, 3.8) is 0 Å². The molecule has 0 radical (unpaired) electrons. The summed E-state index contributed by atoms with van der Waals surface area (Å²) in [7, 11) is 0. The fourth-order valence-corrected chi connectivity index (χ4v) is 8.36. The smallest absolute Gasteiger partial charge is 0.0541 e. The first-order valence-corrected chi connectivity index (χ1v) is 19.2. The van der Waals surface area contributed by atoms with Gasteiger partial charge in [0.25, 0.3) is 0 Å². The average Bonchev–Trinajstić information content (AvgIpc) is 3.76. The molecule has 8 aromatic carbocycles. The molecule has 10 rings (SSSR count). The van der Waals surface area contributed by atoms with Gasteiger partial charge in [0.15, 0.2) is 0 Å². The van der Waals surface area contributed by atoms with Gasteiger partial charge in [0.1, 0.15) is 0 Å². The number of hydrogen-bond acceptors (Lipinski definition) is 0. The Balaban J connectivity index is 0.977. The second-order valence-corrected chi connectivity index (χ2v) is 14.4. The van der Waals surface area contributed by atoms with E-state index >= 15 is 0 Å². The van der Waals surface area contributed by atoms with Gasteiger partial charge in [-0.15, -0.1) is 0 Å². The third kappa shape index (κ3) is 5.50. The van der Waals surface area contributed by atoms with Crippen LogP contribution in [0.4, 0.5) is 0 Å². The zero-order valence-corrected chi connectivity index (χ0v) is 30.4. The molecule has 2 aromatic heterocycles. The summed E-state index contributed by atoms with van der Waals surface area (Å²) >= 11 is 0. The van der Waals surface area contributed by atoms with Crippen molar-refractivity contribution in [2.24, 2.45) is 0 Å². The highest BCUT2D eigenvalue weighted by molar-refractivity contribution is 6.11. The zero-order valence-electron chi connectivity index (χ0n) is 30.4. The quantitative estimate of drug-likeness (QED) is 0.150. The number of aryl methyl sites for hydroxylation is 1. The molecule has 258 valence electrons. The first-order chi connectivity index (χ1) is 26.7. The molecule has 2 nitrogen and oxygen atoms in total. The van der Waals surface area contributed by atoms with Crippen LogP contribution in [0.25, 0.3) is 88.4 Å². The van der Waals surface area contributed by atoms with Crippen LogP contribution in [0.1, 0.15) is 25.3 Å². The lowest BCUT2D eigenvalue weighted by molar-refractivity contribution is 0.795. The van der Waals surface area contributed by atoms with Crippen molar-refractivity contribution in [2.75, 3.05) is 0 Å². The van der Waals surface area contributed by atoms with E-state index in [1.165, 1.54) is 107 Å². The number of para-hydroxylation sites is 3. The zero-order chi connectivity index (χ0) is 36.0. The van der Waals surface area contributed by atoms with Crippen LogP contribution in [0.2, 0.25) is 0 Å². The molecule has 0 aliphatic carbocycles. The van der Waals surface area contributed by atoms with Crippen molar-refractivity contribution < 1.29 is 0 Å². The Morgan fingerprint density at radius 2 is 0.778 bits per heavy atom. The predicted molar refractivity (Wildman–Crippen MR) is 230 cm³/mol. The summed E-state index contributed by atoms with van der Waals surface area (Å²) in [6.07, 6.45) is 3.58. The highest BCUT2D eigenvalue weighted by Gasteiger charge is 2.15. The van der Waals surface area contributed by atoms with Crippen LogP contribution >= 0.6 is 0 Å². The van der Waals surface area contributed by atoms with Gasteiger partial charge in [0.05, 0.1) is 22.1 Å². The summed E-state index contributed by atoms with van der Waals surface area (Å²) in [4.78, 5) is 0. The van der Waals surface area contributed by atoms with Crippen LogP contribution in [0, 0.1) is 0 Å². The number of rotatable bonds is 8. The normalized spacial score (nSPS) is 11.6. The van der Waals surface area contributed by atoms with E-state index in [1.807, 2.05) is 0 Å². The topological polar surface area (TPSA) is 9.86 Å². The predicted octanol–water partition coefficient (Wildman–Crippen LogP) is 14.2. The lowest BCUT2D eigenvalue weighted by Crippen LogP contribution is -1.94. The number of hydrogen-bond donors (Lipinski definition) is 0. The summed E-state index contributed by atoms with van der Waals surface area (Å²) < 4.78 is 4.78. The lowest BCUT2D eigenvalue weighted by Gasteiger charge is -2.10. The number of benzene rings is 8. The van der Waals surface area contributed by atoms with E-state index in [2.05, 4.69) is 204 Å². The largest absolute Gasteiger partial charge is 0.309 e. The second kappa shape index (κ2) is 13.4. The summed E-state index contributed by atoms with van der Waals surface area (Å²) in [5.74, 6) is 0. The van der Waals surface area contributed by atoms with E-state index in [9.17, 15) is 0 Å². The van der Waals surface area contributed by atoms with E-state index in [0.717, 1.165) is 6.42 Å². The van der Waals surface area contributed by atoms with E-state index in [-0.39, 0.29) is 0 Å². The maximum atomic E-state index is 2.41. The van der Waals surface area contributed by atoms with Gasteiger partial charge in [-0.1, -0.05) is 135 Å². The number of unbranched alkanes of at least 4 members (excludes halogenated alkanes) is 1. The maximum absolute atomic E-state index is 2.41. The van der Waals surface area contributed by atoms with Gasteiger partial charge in [-0.25, -0.2) is 0 Å². The van der Waals surface area contributed by atoms with E-state index in [1.54, 1.807) is 0 Å². The van der Waals surface area contributed by atoms with Crippen LogP contribution in [-0.2, 0) is 6.42 Å². The third-order valence-corrected chi connectivity index (χ3v) is 11.1. The Hall–Kier alpha value is -6.64. The summed E-state index contributed by atoms with van der Waals surface area (Å²) in [6.45, 7) is 2.25. The van der Waals surface area contributed by atoms with Crippen molar-refractivity contribution in [1.29, 1.82) is 0 Å². The minimum absolute atomic E-state index is 1.13. The van der Waals surface area contributed by atoms with Crippen molar-refractivity contribution >= 4 is 43.6 Å².